The Morgan fingerprint density at radius 1 is 1.55 bits per heavy atom. The highest BCUT2D eigenvalue weighted by Gasteiger charge is 2.24. The van der Waals surface area contributed by atoms with Crippen molar-refractivity contribution < 1.29 is 14.3 Å². The highest BCUT2D eigenvalue weighted by atomic mass is 35.5. The van der Waals surface area contributed by atoms with Gasteiger partial charge in [-0.05, 0) is 24.6 Å². The quantitative estimate of drug-likeness (QED) is 0.798. The molecule has 0 saturated carbocycles. The predicted molar refractivity (Wildman–Crippen MR) is 89.1 cm³/mol. The number of amides is 1. The van der Waals surface area contributed by atoms with Crippen LogP contribution in [0, 0.1) is 0 Å². The van der Waals surface area contributed by atoms with E-state index in [2.05, 4.69) is 5.32 Å². The molecular weight excluding hydrogens is 327 g/mol. The highest BCUT2D eigenvalue weighted by Crippen LogP contribution is 2.17. The van der Waals surface area contributed by atoms with Crippen molar-refractivity contribution in [2.75, 3.05) is 39.9 Å². The molecule has 2 rings (SSSR count). The monoisotopic (exact) mass is 348 g/mol. The maximum absolute atomic E-state index is 12.1. The van der Waals surface area contributed by atoms with E-state index < -0.39 is 0 Å². The summed E-state index contributed by atoms with van der Waals surface area (Å²) in [5, 5.41) is 3.81. The van der Waals surface area contributed by atoms with Gasteiger partial charge in [0.2, 0.25) is 0 Å². The van der Waals surface area contributed by atoms with Gasteiger partial charge in [-0.15, -0.1) is 12.4 Å². The lowest BCUT2D eigenvalue weighted by atomic mass is 10.2. The van der Waals surface area contributed by atoms with E-state index in [0.29, 0.717) is 31.3 Å². The Labute approximate surface area is 142 Å². The topological polar surface area (TPSA) is 50.8 Å². The number of carbonyl (C=O) groups excluding carboxylic acids is 1. The molecule has 1 heterocycles. The van der Waals surface area contributed by atoms with Gasteiger partial charge in [0, 0.05) is 31.7 Å². The van der Waals surface area contributed by atoms with Crippen molar-refractivity contribution in [3.8, 4) is 5.75 Å². The maximum Gasteiger partial charge on any atom is 0.252 e. The average Bonchev–Trinajstić information content (AvgIpc) is 2.51. The first-order chi connectivity index (χ1) is 10.2. The number of nitrogens with zero attached hydrogens (tertiary/aromatic N) is 1. The maximum atomic E-state index is 12.1. The Morgan fingerprint density at radius 3 is 3.05 bits per heavy atom. The first-order valence-electron chi connectivity index (χ1n) is 7.12. The third-order valence-corrected chi connectivity index (χ3v) is 3.52. The van der Waals surface area contributed by atoms with Crippen LogP contribution in [0.3, 0.4) is 0 Å². The molecule has 1 N–H and O–H groups in total. The second-order valence-electron chi connectivity index (χ2n) is 4.98. The third-order valence-electron chi connectivity index (χ3n) is 3.28. The number of rotatable bonds is 6. The Kier molecular flexibility index (Phi) is 8.56. The second kappa shape index (κ2) is 9.90. The van der Waals surface area contributed by atoms with Gasteiger partial charge in [0.1, 0.15) is 11.9 Å². The molecule has 124 valence electrons. The molecule has 22 heavy (non-hydrogen) atoms. The summed E-state index contributed by atoms with van der Waals surface area (Å²) >= 11 is 5.88. The minimum absolute atomic E-state index is 0. The number of carbonyl (C=O) groups is 1. The lowest BCUT2D eigenvalue weighted by molar-refractivity contribution is -0.143. The fourth-order valence-electron chi connectivity index (χ4n) is 2.13. The van der Waals surface area contributed by atoms with Crippen molar-refractivity contribution in [2.24, 2.45) is 0 Å². The molecule has 1 saturated heterocycles. The van der Waals surface area contributed by atoms with E-state index >= 15 is 0 Å². The third kappa shape index (κ3) is 6.01. The van der Waals surface area contributed by atoms with Crippen molar-refractivity contribution in [3.05, 3.63) is 29.3 Å². The zero-order chi connectivity index (χ0) is 15.1. The smallest absolute Gasteiger partial charge is 0.252 e. The van der Waals surface area contributed by atoms with Gasteiger partial charge in [-0.25, -0.2) is 0 Å². The Morgan fingerprint density at radius 2 is 2.36 bits per heavy atom. The molecule has 1 aliphatic heterocycles. The molecule has 7 heteroatoms. The summed E-state index contributed by atoms with van der Waals surface area (Å²) in [7, 11) is 1.79. The molecule has 1 unspecified atom stereocenters. The Balaban J connectivity index is 0.00000242. The van der Waals surface area contributed by atoms with Gasteiger partial charge in [-0.2, -0.15) is 0 Å². The van der Waals surface area contributed by atoms with E-state index in [1.54, 1.807) is 24.1 Å². The number of nitrogens with one attached hydrogen (secondary N) is 1. The van der Waals surface area contributed by atoms with Crippen LogP contribution in [0.1, 0.15) is 6.42 Å². The molecule has 1 atom stereocenters. The van der Waals surface area contributed by atoms with Crippen molar-refractivity contribution >= 4 is 29.9 Å². The lowest BCUT2D eigenvalue weighted by Crippen LogP contribution is -2.48. The van der Waals surface area contributed by atoms with E-state index in [0.717, 1.165) is 18.7 Å². The summed E-state index contributed by atoms with van der Waals surface area (Å²) in [4.78, 5) is 13.8. The Bertz CT molecular complexity index is 468. The number of benzene rings is 1. The van der Waals surface area contributed by atoms with E-state index in [1.807, 2.05) is 12.1 Å². The van der Waals surface area contributed by atoms with Crippen molar-refractivity contribution in [3.63, 3.8) is 0 Å². The van der Waals surface area contributed by atoms with Gasteiger partial charge >= 0.3 is 0 Å². The summed E-state index contributed by atoms with van der Waals surface area (Å²) in [6.07, 6.45) is 0.395. The van der Waals surface area contributed by atoms with E-state index in [9.17, 15) is 4.79 Å². The predicted octanol–water partition coefficient (Wildman–Crippen LogP) is 1.98. The van der Waals surface area contributed by atoms with Crippen LogP contribution in [-0.2, 0) is 9.53 Å². The minimum Gasteiger partial charge on any atom is -0.493 e. The van der Waals surface area contributed by atoms with Gasteiger partial charge in [-0.3, -0.25) is 4.79 Å². The summed E-state index contributed by atoms with van der Waals surface area (Å²) in [6, 6.07) is 7.29. The molecule has 0 spiro atoms. The zero-order valence-electron chi connectivity index (χ0n) is 12.6. The van der Waals surface area contributed by atoms with Crippen LogP contribution in [0.25, 0.3) is 0 Å². The molecule has 5 nitrogen and oxygen atoms in total. The number of hydrogen-bond acceptors (Lipinski definition) is 4. The molecule has 1 aromatic carbocycles. The molecule has 0 aromatic heterocycles. The van der Waals surface area contributed by atoms with Crippen LogP contribution >= 0.6 is 24.0 Å². The molecule has 1 aliphatic rings. The van der Waals surface area contributed by atoms with E-state index in [-0.39, 0.29) is 24.4 Å². The van der Waals surface area contributed by atoms with Crippen LogP contribution in [0.2, 0.25) is 5.02 Å². The normalized spacial score (nSPS) is 17.5. The Hall–Kier alpha value is -1.01. The highest BCUT2D eigenvalue weighted by molar-refractivity contribution is 6.30. The van der Waals surface area contributed by atoms with Gasteiger partial charge in [0.15, 0.2) is 0 Å². The van der Waals surface area contributed by atoms with Crippen molar-refractivity contribution in [1.29, 1.82) is 0 Å². The van der Waals surface area contributed by atoms with Crippen LogP contribution in [0.4, 0.5) is 0 Å². The summed E-state index contributed by atoms with van der Waals surface area (Å²) < 4.78 is 11.0. The summed E-state index contributed by atoms with van der Waals surface area (Å²) in [6.45, 7) is 3.16. The first kappa shape index (κ1) is 19.0. The molecule has 1 amide bonds. The summed E-state index contributed by atoms with van der Waals surface area (Å²) in [5.74, 6) is 0.765. The standard InChI is InChI=1S/C15H21ClN2O3.ClH/c1-18(15(19)14-11-17-6-9-21-14)7-3-8-20-13-5-2-4-12(16)10-13;/h2,4-5,10,14,17H,3,6-9,11H2,1H3;1H. The second-order valence-corrected chi connectivity index (χ2v) is 5.42. The molecule has 1 fully saturated rings. The number of likely N-dealkylation sites (N-methyl/N-ethyl adjacent to an activating group) is 1. The molecule has 0 radical (unpaired) electrons. The molecule has 0 bridgehead atoms. The van der Waals surface area contributed by atoms with Crippen molar-refractivity contribution in [1.82, 2.24) is 10.2 Å². The number of hydrogen-bond donors (Lipinski definition) is 1. The minimum atomic E-state index is -0.363. The van der Waals surface area contributed by atoms with Gasteiger partial charge in [-0.1, -0.05) is 17.7 Å². The van der Waals surface area contributed by atoms with Crippen LogP contribution in [0.15, 0.2) is 24.3 Å². The van der Waals surface area contributed by atoms with Crippen LogP contribution in [0.5, 0.6) is 5.75 Å². The van der Waals surface area contributed by atoms with Crippen molar-refractivity contribution in [2.45, 2.75) is 12.5 Å². The molecule has 1 aromatic rings. The lowest BCUT2D eigenvalue weighted by Gasteiger charge is -2.27. The van der Waals surface area contributed by atoms with Gasteiger partial charge in [0.05, 0.1) is 13.2 Å². The van der Waals surface area contributed by atoms with Gasteiger partial charge in [0.25, 0.3) is 5.91 Å². The van der Waals surface area contributed by atoms with E-state index in [1.165, 1.54) is 0 Å². The molecular formula is C15H22Cl2N2O3. The average molecular weight is 349 g/mol. The van der Waals surface area contributed by atoms with Crippen LogP contribution in [-0.4, -0.2) is 56.8 Å². The summed E-state index contributed by atoms with van der Waals surface area (Å²) in [5.41, 5.74) is 0. The fraction of sp³-hybridized carbons (Fsp3) is 0.533. The number of morpholine rings is 1. The number of halogens is 2. The largest absolute Gasteiger partial charge is 0.493 e. The SMILES string of the molecule is CN(CCCOc1cccc(Cl)c1)C(=O)C1CNCCO1.Cl. The van der Waals surface area contributed by atoms with E-state index in [4.69, 9.17) is 21.1 Å². The number of ether oxygens (including phenoxy) is 2. The fourth-order valence-corrected chi connectivity index (χ4v) is 2.31. The molecule has 0 aliphatic carbocycles. The zero-order valence-corrected chi connectivity index (χ0v) is 14.2. The van der Waals surface area contributed by atoms with Crippen LogP contribution < -0.4 is 10.1 Å². The first-order valence-corrected chi connectivity index (χ1v) is 7.50. The van der Waals surface area contributed by atoms with Gasteiger partial charge < -0.3 is 19.7 Å².